The Bertz CT molecular complexity index is 1090. The summed E-state index contributed by atoms with van der Waals surface area (Å²) >= 11 is 1.19. The maximum atomic E-state index is 12.5. The molecular weight excluding hydrogens is 456 g/mol. The van der Waals surface area contributed by atoms with E-state index < -0.39 is 0 Å². The van der Waals surface area contributed by atoms with Crippen LogP contribution in [0.2, 0.25) is 0 Å². The van der Waals surface area contributed by atoms with Crippen molar-refractivity contribution in [1.82, 2.24) is 14.9 Å². The zero-order valence-electron chi connectivity index (χ0n) is 20.0. The molecule has 0 unspecified atom stereocenters. The van der Waals surface area contributed by atoms with Crippen molar-refractivity contribution in [3.63, 3.8) is 0 Å². The Hall–Kier alpha value is -3.60. The van der Waals surface area contributed by atoms with Gasteiger partial charge in [-0.15, -0.1) is 10.2 Å². The molecule has 11 heteroatoms. The smallest absolute Gasteiger partial charge is 0.234 e. The monoisotopic (exact) mass is 486 g/mol. The van der Waals surface area contributed by atoms with Crippen LogP contribution < -0.4 is 30.3 Å². The van der Waals surface area contributed by atoms with Gasteiger partial charge in [0.2, 0.25) is 16.8 Å². The highest BCUT2D eigenvalue weighted by molar-refractivity contribution is 7.99. The number of nitrogen functional groups attached to an aromatic ring is 1. The molecule has 0 saturated heterocycles. The Kier molecular flexibility index (Phi) is 8.47. The average Bonchev–Trinajstić information content (AvgIpc) is 3.23. The molecule has 1 amide bonds. The number of aromatic nitrogens is 3. The molecule has 3 N–H and O–H groups in total. The number of nitrogens with one attached hydrogen (secondary N) is 1. The van der Waals surface area contributed by atoms with Gasteiger partial charge in [0.25, 0.3) is 0 Å². The van der Waals surface area contributed by atoms with Crippen molar-refractivity contribution in [3.8, 4) is 28.6 Å². The van der Waals surface area contributed by atoms with E-state index in [4.69, 9.17) is 20.1 Å². The number of methoxy groups -OCH3 is 3. The number of benzene rings is 2. The van der Waals surface area contributed by atoms with Crippen LogP contribution in [0.3, 0.4) is 0 Å². The molecule has 1 heterocycles. The third-order valence-corrected chi connectivity index (χ3v) is 6.14. The number of hydrogen-bond acceptors (Lipinski definition) is 9. The number of carbonyl (C=O) groups is 1. The van der Waals surface area contributed by atoms with Gasteiger partial charge in [-0.05, 0) is 50.2 Å². The Morgan fingerprint density at radius 1 is 1.03 bits per heavy atom. The van der Waals surface area contributed by atoms with Gasteiger partial charge in [-0.1, -0.05) is 11.8 Å². The highest BCUT2D eigenvalue weighted by atomic mass is 32.2. The van der Waals surface area contributed by atoms with Gasteiger partial charge in [0.05, 0.1) is 27.1 Å². The topological polar surface area (TPSA) is 117 Å². The van der Waals surface area contributed by atoms with Crippen molar-refractivity contribution >= 4 is 29.0 Å². The summed E-state index contributed by atoms with van der Waals surface area (Å²) in [4.78, 5) is 14.7. The number of anilines is 2. The fourth-order valence-electron chi connectivity index (χ4n) is 3.45. The van der Waals surface area contributed by atoms with Crippen molar-refractivity contribution in [1.29, 1.82) is 0 Å². The summed E-state index contributed by atoms with van der Waals surface area (Å²) in [5.41, 5.74) is 2.48. The first-order valence-electron chi connectivity index (χ1n) is 10.7. The zero-order chi connectivity index (χ0) is 24.7. The minimum absolute atomic E-state index is 0.127. The van der Waals surface area contributed by atoms with E-state index in [2.05, 4.69) is 34.3 Å². The van der Waals surface area contributed by atoms with Gasteiger partial charge in [-0.3, -0.25) is 4.79 Å². The lowest BCUT2D eigenvalue weighted by atomic mass is 10.1. The van der Waals surface area contributed by atoms with Gasteiger partial charge in [0, 0.05) is 30.0 Å². The van der Waals surface area contributed by atoms with Gasteiger partial charge >= 0.3 is 0 Å². The molecule has 0 aliphatic heterocycles. The number of nitrogens with zero attached hydrogens (tertiary/aromatic N) is 4. The Morgan fingerprint density at radius 2 is 1.65 bits per heavy atom. The first-order valence-corrected chi connectivity index (χ1v) is 11.7. The van der Waals surface area contributed by atoms with E-state index in [0.29, 0.717) is 33.8 Å². The average molecular weight is 487 g/mol. The summed E-state index contributed by atoms with van der Waals surface area (Å²) in [5.74, 6) is 7.99. The van der Waals surface area contributed by atoms with Crippen LogP contribution in [0.4, 0.5) is 11.4 Å². The van der Waals surface area contributed by atoms with Gasteiger partial charge in [-0.2, -0.15) is 0 Å². The second-order valence-electron chi connectivity index (χ2n) is 7.15. The lowest BCUT2D eigenvalue weighted by Crippen LogP contribution is -2.21. The summed E-state index contributed by atoms with van der Waals surface area (Å²) in [6.45, 7) is 6.08. The predicted molar refractivity (Wildman–Crippen MR) is 135 cm³/mol. The third kappa shape index (κ3) is 5.48. The second-order valence-corrected chi connectivity index (χ2v) is 8.09. The molecule has 3 rings (SSSR count). The van der Waals surface area contributed by atoms with Crippen LogP contribution in [0.15, 0.2) is 41.6 Å². The van der Waals surface area contributed by atoms with E-state index in [1.54, 1.807) is 12.1 Å². The van der Waals surface area contributed by atoms with E-state index >= 15 is 0 Å². The van der Waals surface area contributed by atoms with Crippen LogP contribution in [0, 0.1) is 0 Å². The molecule has 2 aromatic carbocycles. The number of ether oxygens (including phenoxy) is 3. The van der Waals surface area contributed by atoms with Gasteiger partial charge in [0.1, 0.15) is 0 Å². The summed E-state index contributed by atoms with van der Waals surface area (Å²) in [7, 11) is 4.60. The second kappa shape index (κ2) is 11.5. The molecule has 0 aliphatic carbocycles. The number of carbonyl (C=O) groups excluding carboxylic acids is 1. The van der Waals surface area contributed by atoms with E-state index in [9.17, 15) is 4.79 Å². The molecule has 10 nitrogen and oxygen atoms in total. The van der Waals surface area contributed by atoms with Crippen LogP contribution in [0.25, 0.3) is 11.4 Å². The van der Waals surface area contributed by atoms with Crippen molar-refractivity contribution < 1.29 is 19.0 Å². The zero-order valence-corrected chi connectivity index (χ0v) is 20.8. The van der Waals surface area contributed by atoms with E-state index in [1.165, 1.54) is 37.8 Å². The van der Waals surface area contributed by atoms with E-state index in [-0.39, 0.29) is 11.7 Å². The van der Waals surface area contributed by atoms with Crippen LogP contribution in [-0.4, -0.2) is 61.0 Å². The lowest BCUT2D eigenvalue weighted by molar-refractivity contribution is -0.113. The molecule has 1 aromatic heterocycles. The third-order valence-electron chi connectivity index (χ3n) is 5.20. The SMILES string of the molecule is CCN(CC)c1ccc(NC(=O)CSc2nnc(-c3cc(OC)c(OC)c(OC)c3)n2N)cc1. The van der Waals surface area contributed by atoms with E-state index in [1.807, 2.05) is 24.3 Å². The summed E-state index contributed by atoms with van der Waals surface area (Å²) in [6.07, 6.45) is 0. The molecular formula is C23H30N6O4S. The first-order chi connectivity index (χ1) is 16.4. The van der Waals surface area contributed by atoms with Crippen LogP contribution in [0.5, 0.6) is 17.2 Å². The molecule has 0 bridgehead atoms. The molecule has 0 spiro atoms. The van der Waals surface area contributed by atoms with Crippen molar-refractivity contribution in [3.05, 3.63) is 36.4 Å². The number of amides is 1. The van der Waals surface area contributed by atoms with Gasteiger partial charge < -0.3 is 30.3 Å². The Labute approximate surface area is 203 Å². The minimum atomic E-state index is -0.169. The molecule has 0 aliphatic rings. The Balaban J connectivity index is 1.67. The quantitative estimate of drug-likeness (QED) is 0.311. The summed E-state index contributed by atoms with van der Waals surface area (Å²) in [5, 5.41) is 11.6. The molecule has 0 fully saturated rings. The Morgan fingerprint density at radius 3 is 2.18 bits per heavy atom. The highest BCUT2D eigenvalue weighted by Gasteiger charge is 2.19. The standard InChI is InChI=1S/C23H30N6O4S/c1-6-28(7-2)17-10-8-16(9-11-17)25-20(30)14-34-23-27-26-22(29(23)24)15-12-18(31-3)21(33-5)19(13-15)32-4/h8-13H,6-7,14,24H2,1-5H3,(H,25,30). The minimum Gasteiger partial charge on any atom is -0.493 e. The van der Waals surface area contributed by atoms with Crippen molar-refractivity contribution in [2.75, 3.05) is 56.2 Å². The fraction of sp³-hybridized carbons (Fsp3) is 0.348. The van der Waals surface area contributed by atoms with E-state index in [0.717, 1.165) is 24.5 Å². The van der Waals surface area contributed by atoms with Crippen LogP contribution >= 0.6 is 11.8 Å². The molecule has 0 saturated carbocycles. The maximum Gasteiger partial charge on any atom is 0.234 e. The highest BCUT2D eigenvalue weighted by Crippen LogP contribution is 2.40. The van der Waals surface area contributed by atoms with Crippen molar-refractivity contribution in [2.24, 2.45) is 0 Å². The molecule has 0 radical (unpaired) electrons. The van der Waals surface area contributed by atoms with Crippen LogP contribution in [0.1, 0.15) is 13.8 Å². The predicted octanol–water partition coefficient (Wildman–Crippen LogP) is 3.26. The van der Waals surface area contributed by atoms with Gasteiger partial charge in [-0.25, -0.2) is 4.68 Å². The number of nitrogens with two attached hydrogens (primary N) is 1. The largest absolute Gasteiger partial charge is 0.493 e. The van der Waals surface area contributed by atoms with Gasteiger partial charge in [0.15, 0.2) is 17.3 Å². The molecule has 3 aromatic rings. The summed E-state index contributed by atoms with van der Waals surface area (Å²) < 4.78 is 17.5. The fourth-order valence-corrected chi connectivity index (χ4v) is 4.11. The number of thioether (sulfide) groups is 1. The molecule has 182 valence electrons. The van der Waals surface area contributed by atoms with Crippen molar-refractivity contribution in [2.45, 2.75) is 19.0 Å². The van der Waals surface area contributed by atoms with Crippen LogP contribution in [-0.2, 0) is 4.79 Å². The summed E-state index contributed by atoms with van der Waals surface area (Å²) in [6, 6.07) is 11.2. The first kappa shape index (κ1) is 25.0. The lowest BCUT2D eigenvalue weighted by Gasteiger charge is -2.21. The molecule has 34 heavy (non-hydrogen) atoms. The number of rotatable bonds is 11. The molecule has 0 atom stereocenters. The maximum absolute atomic E-state index is 12.5. The normalized spacial score (nSPS) is 10.6. The number of hydrogen-bond donors (Lipinski definition) is 2.